The molecule has 2 amide bonds. The molecule has 2 fully saturated rings. The molecule has 2 heterocycles. The minimum Gasteiger partial charge on any atom is -0.464 e. The van der Waals surface area contributed by atoms with Crippen LogP contribution >= 0.6 is 11.6 Å². The number of nitrogens with zero attached hydrogens (tertiary/aromatic N) is 2. The van der Waals surface area contributed by atoms with Crippen LogP contribution in [-0.2, 0) is 23.9 Å². The van der Waals surface area contributed by atoms with Gasteiger partial charge in [-0.25, -0.2) is 4.79 Å². The summed E-state index contributed by atoms with van der Waals surface area (Å²) in [6, 6.07) is 7.75. The number of epoxide rings is 1. The summed E-state index contributed by atoms with van der Waals surface area (Å²) in [6.07, 6.45) is -0.435. The predicted molar refractivity (Wildman–Crippen MR) is 117 cm³/mol. The lowest BCUT2D eigenvalue weighted by Crippen LogP contribution is -2.49. The number of esters is 1. The number of carbonyl (C=O) groups is 3. The molecule has 1 N–H and O–H groups in total. The summed E-state index contributed by atoms with van der Waals surface area (Å²) in [5.41, 5.74) is 1.00. The summed E-state index contributed by atoms with van der Waals surface area (Å²) in [4.78, 5) is 40.3. The molecule has 3 rings (SSSR count). The highest BCUT2D eigenvalue weighted by Crippen LogP contribution is 2.26. The molecule has 0 aromatic heterocycles. The molecule has 2 aliphatic heterocycles. The van der Waals surface area contributed by atoms with Crippen molar-refractivity contribution < 1.29 is 23.9 Å². The van der Waals surface area contributed by atoms with Crippen molar-refractivity contribution in [1.82, 2.24) is 10.2 Å². The van der Waals surface area contributed by atoms with E-state index < -0.39 is 18.2 Å². The molecule has 8 nitrogen and oxygen atoms in total. The van der Waals surface area contributed by atoms with Gasteiger partial charge in [0, 0.05) is 39.1 Å². The fraction of sp³-hybridized carbons (Fsp3) is 0.591. The Bertz CT molecular complexity index is 797. The maximum atomic E-state index is 12.6. The van der Waals surface area contributed by atoms with Crippen molar-refractivity contribution in [2.24, 2.45) is 5.92 Å². The molecule has 3 atom stereocenters. The van der Waals surface area contributed by atoms with Crippen LogP contribution in [0.1, 0.15) is 26.7 Å². The molecule has 0 unspecified atom stereocenters. The van der Waals surface area contributed by atoms with Crippen molar-refractivity contribution in [2.45, 2.75) is 38.9 Å². The molecular formula is C22H30ClN3O5. The van der Waals surface area contributed by atoms with Gasteiger partial charge < -0.3 is 24.6 Å². The second-order valence-electron chi connectivity index (χ2n) is 7.94. The van der Waals surface area contributed by atoms with Crippen molar-refractivity contribution in [3.8, 4) is 0 Å². The summed E-state index contributed by atoms with van der Waals surface area (Å²) in [5, 5.41) is 3.49. The van der Waals surface area contributed by atoms with Gasteiger partial charge in [-0.1, -0.05) is 30.7 Å². The first-order chi connectivity index (χ1) is 14.9. The van der Waals surface area contributed by atoms with Gasteiger partial charge in [0.2, 0.25) is 5.91 Å². The zero-order valence-electron chi connectivity index (χ0n) is 18.0. The maximum Gasteiger partial charge on any atom is 0.338 e. The van der Waals surface area contributed by atoms with Crippen LogP contribution in [0.2, 0.25) is 5.02 Å². The number of anilines is 1. The Hall–Kier alpha value is -2.32. The Balaban J connectivity index is 1.33. The highest BCUT2D eigenvalue weighted by atomic mass is 35.5. The van der Waals surface area contributed by atoms with Crippen LogP contribution < -0.4 is 10.2 Å². The zero-order chi connectivity index (χ0) is 22.4. The van der Waals surface area contributed by atoms with Gasteiger partial charge in [0.25, 0.3) is 5.91 Å². The fourth-order valence-electron chi connectivity index (χ4n) is 3.69. The van der Waals surface area contributed by atoms with E-state index in [1.807, 2.05) is 36.1 Å². The van der Waals surface area contributed by atoms with Crippen molar-refractivity contribution in [1.29, 1.82) is 0 Å². The molecule has 170 valence electrons. The Morgan fingerprint density at radius 3 is 2.58 bits per heavy atom. The lowest BCUT2D eigenvalue weighted by molar-refractivity contribution is -0.144. The number of ether oxygens (including phenoxy) is 2. The van der Waals surface area contributed by atoms with Gasteiger partial charge in [-0.3, -0.25) is 9.59 Å². The molecule has 2 aliphatic rings. The van der Waals surface area contributed by atoms with E-state index in [9.17, 15) is 14.4 Å². The first-order valence-corrected chi connectivity index (χ1v) is 11.2. The number of hydrogen-bond acceptors (Lipinski definition) is 6. The number of para-hydroxylation sites is 1. The maximum absolute atomic E-state index is 12.6. The molecule has 1 aromatic rings. The van der Waals surface area contributed by atoms with Crippen molar-refractivity contribution in [2.75, 3.05) is 44.2 Å². The Kier molecular flexibility index (Phi) is 8.15. The number of piperazine rings is 1. The number of amides is 2. The van der Waals surface area contributed by atoms with Crippen LogP contribution in [0.3, 0.4) is 0 Å². The van der Waals surface area contributed by atoms with E-state index in [0.29, 0.717) is 32.5 Å². The lowest BCUT2D eigenvalue weighted by atomic mass is 10.0. The van der Waals surface area contributed by atoms with Crippen LogP contribution in [0.15, 0.2) is 24.3 Å². The predicted octanol–water partition coefficient (Wildman–Crippen LogP) is 1.85. The number of rotatable bonds is 9. The summed E-state index contributed by atoms with van der Waals surface area (Å²) >= 11 is 6.27. The second kappa shape index (κ2) is 10.8. The summed E-state index contributed by atoms with van der Waals surface area (Å²) < 4.78 is 9.92. The van der Waals surface area contributed by atoms with E-state index in [0.717, 1.165) is 23.8 Å². The summed E-state index contributed by atoms with van der Waals surface area (Å²) in [6.45, 7) is 7.24. The average molecular weight is 452 g/mol. The first-order valence-electron chi connectivity index (χ1n) is 10.8. The molecule has 0 radical (unpaired) electrons. The van der Waals surface area contributed by atoms with Gasteiger partial charge in [-0.2, -0.15) is 0 Å². The van der Waals surface area contributed by atoms with Crippen LogP contribution in [0.25, 0.3) is 0 Å². The van der Waals surface area contributed by atoms with Gasteiger partial charge in [0.05, 0.1) is 17.3 Å². The highest BCUT2D eigenvalue weighted by Gasteiger charge is 2.51. The van der Waals surface area contributed by atoms with Crippen molar-refractivity contribution in [3.05, 3.63) is 29.3 Å². The van der Waals surface area contributed by atoms with E-state index in [-0.39, 0.29) is 24.3 Å². The zero-order valence-corrected chi connectivity index (χ0v) is 18.8. The Morgan fingerprint density at radius 2 is 1.90 bits per heavy atom. The third-order valence-electron chi connectivity index (χ3n) is 5.55. The number of carbonyl (C=O) groups excluding carboxylic acids is 3. The monoisotopic (exact) mass is 451 g/mol. The first kappa shape index (κ1) is 23.3. The fourth-order valence-corrected chi connectivity index (χ4v) is 3.95. The minimum atomic E-state index is -0.789. The second-order valence-corrected chi connectivity index (χ2v) is 8.34. The molecule has 0 bridgehead atoms. The number of hydrogen-bond donors (Lipinski definition) is 1. The number of benzene rings is 1. The molecule has 0 aliphatic carbocycles. The summed E-state index contributed by atoms with van der Waals surface area (Å²) in [7, 11) is 0. The van der Waals surface area contributed by atoms with Crippen molar-refractivity contribution >= 4 is 35.1 Å². The third-order valence-corrected chi connectivity index (χ3v) is 5.87. The Labute approximate surface area is 187 Å². The lowest BCUT2D eigenvalue weighted by Gasteiger charge is -2.37. The molecule has 0 saturated carbocycles. The SMILES string of the molecule is CCOC(=O)[C@H]1O[C@@H]1C(=O)NCC[C@H](C)CC(=O)N1CCN(c2ccccc2Cl)CC1. The van der Waals surface area contributed by atoms with Crippen LogP contribution in [-0.4, -0.2) is 74.2 Å². The molecule has 31 heavy (non-hydrogen) atoms. The summed E-state index contributed by atoms with van der Waals surface area (Å²) in [5.74, 6) is -0.551. The van der Waals surface area contributed by atoms with E-state index in [1.165, 1.54) is 0 Å². The minimum absolute atomic E-state index is 0.130. The largest absolute Gasteiger partial charge is 0.464 e. The topological polar surface area (TPSA) is 91.5 Å². The van der Waals surface area contributed by atoms with Gasteiger partial charge >= 0.3 is 5.97 Å². The smallest absolute Gasteiger partial charge is 0.338 e. The quantitative estimate of drug-likeness (QED) is 0.455. The van der Waals surface area contributed by atoms with Crippen LogP contribution in [0.4, 0.5) is 5.69 Å². The van der Waals surface area contributed by atoms with Crippen molar-refractivity contribution in [3.63, 3.8) is 0 Å². The molecular weight excluding hydrogens is 422 g/mol. The van der Waals surface area contributed by atoms with E-state index >= 15 is 0 Å². The van der Waals surface area contributed by atoms with Gasteiger partial charge in [-0.15, -0.1) is 0 Å². The molecule has 9 heteroatoms. The molecule has 1 aromatic carbocycles. The van der Waals surface area contributed by atoms with E-state index in [1.54, 1.807) is 6.92 Å². The molecule has 2 saturated heterocycles. The van der Waals surface area contributed by atoms with Gasteiger partial charge in [-0.05, 0) is 31.4 Å². The van der Waals surface area contributed by atoms with E-state index in [2.05, 4.69) is 10.2 Å². The van der Waals surface area contributed by atoms with Crippen LogP contribution in [0.5, 0.6) is 0 Å². The van der Waals surface area contributed by atoms with Gasteiger partial charge in [0.15, 0.2) is 12.2 Å². The third kappa shape index (κ3) is 6.33. The molecule has 0 spiro atoms. The van der Waals surface area contributed by atoms with E-state index in [4.69, 9.17) is 21.1 Å². The Morgan fingerprint density at radius 1 is 1.19 bits per heavy atom. The van der Waals surface area contributed by atoms with Crippen LogP contribution in [0, 0.1) is 5.92 Å². The van der Waals surface area contributed by atoms with Gasteiger partial charge in [0.1, 0.15) is 0 Å². The average Bonchev–Trinajstić information content (AvgIpc) is 3.55. The number of nitrogens with one attached hydrogen (secondary N) is 1. The number of halogens is 1. The standard InChI is InChI=1S/C22H30ClN3O5/c1-3-30-22(29)20-19(31-20)21(28)24-9-8-15(2)14-18(27)26-12-10-25(11-13-26)17-7-5-4-6-16(17)23/h4-7,15,19-20H,3,8-14H2,1-2H3,(H,24,28)/t15-,19-,20-/m0/s1. The highest BCUT2D eigenvalue weighted by molar-refractivity contribution is 6.33. The normalized spacial score (nSPS) is 21.4.